The first kappa shape index (κ1) is 11.4. The fourth-order valence-corrected chi connectivity index (χ4v) is 2.05. The van der Waals surface area contributed by atoms with Crippen molar-refractivity contribution in [2.45, 2.75) is 25.7 Å². The van der Waals surface area contributed by atoms with Crippen molar-refractivity contribution >= 4 is 11.7 Å². The van der Waals surface area contributed by atoms with Gasteiger partial charge in [-0.05, 0) is 31.6 Å². The van der Waals surface area contributed by atoms with E-state index in [0.29, 0.717) is 0 Å². The number of furan rings is 1. The molecule has 1 atom stereocenters. The summed E-state index contributed by atoms with van der Waals surface area (Å²) in [6.07, 6.45) is 5.32. The molecule has 1 heterocycles. The molecule has 0 saturated heterocycles. The smallest absolute Gasteiger partial charge is 0.332 e. The van der Waals surface area contributed by atoms with E-state index in [1.54, 1.807) is 6.26 Å². The van der Waals surface area contributed by atoms with Crippen LogP contribution in [-0.4, -0.2) is 11.7 Å². The molecule has 2 rings (SSSR count). The molecule has 0 unspecified atom stereocenters. The van der Waals surface area contributed by atoms with Crippen molar-refractivity contribution in [2.75, 3.05) is 0 Å². The first-order valence-corrected chi connectivity index (χ1v) is 5.47. The maximum absolute atomic E-state index is 10.6. The largest absolute Gasteiger partial charge is 0.469 e. The van der Waals surface area contributed by atoms with Gasteiger partial charge in [0.1, 0.15) is 5.76 Å². The molecule has 1 aliphatic carbocycles. The number of amides is 2. The molecule has 0 spiro atoms. The maximum atomic E-state index is 10.6. The van der Waals surface area contributed by atoms with Crippen LogP contribution in [0.2, 0.25) is 0 Å². The van der Waals surface area contributed by atoms with Crippen LogP contribution in [0.3, 0.4) is 0 Å². The van der Waals surface area contributed by atoms with Crippen molar-refractivity contribution in [3.63, 3.8) is 0 Å². The molecule has 2 amide bonds. The van der Waals surface area contributed by atoms with Crippen LogP contribution in [-0.2, 0) is 0 Å². The molecule has 1 aliphatic rings. The zero-order chi connectivity index (χ0) is 12.3. The standard InChI is InChI=1S/C12H15N3O2/c1-8-5-9(11-3-2-4-17-11)7-10(6-8)14-15-12(13)16/h2-4,6,9H,5,7H2,1H3,(H3,13,15,16)/b14-10-/t9-/m0/s1. The molecule has 0 bridgehead atoms. The van der Waals surface area contributed by atoms with E-state index >= 15 is 0 Å². The number of hydrogen-bond donors (Lipinski definition) is 2. The van der Waals surface area contributed by atoms with Crippen LogP contribution in [0.5, 0.6) is 0 Å². The SMILES string of the molecule is CC1=C/C(=N/NC(N)=O)C[C@@H](c2ccco2)C1. The number of primary amides is 1. The Balaban J connectivity index is 2.13. The number of hydrazone groups is 1. The van der Waals surface area contributed by atoms with Gasteiger partial charge in [0.25, 0.3) is 0 Å². The summed E-state index contributed by atoms with van der Waals surface area (Å²) in [5.41, 5.74) is 9.26. The topological polar surface area (TPSA) is 80.6 Å². The number of rotatable bonds is 2. The predicted octanol–water partition coefficient (Wildman–Crippen LogP) is 2.13. The predicted molar refractivity (Wildman–Crippen MR) is 64.6 cm³/mol. The quantitative estimate of drug-likeness (QED) is 0.767. The van der Waals surface area contributed by atoms with E-state index in [1.165, 1.54) is 5.57 Å². The molecule has 3 N–H and O–H groups in total. The van der Waals surface area contributed by atoms with Crippen molar-refractivity contribution in [1.82, 2.24) is 5.43 Å². The van der Waals surface area contributed by atoms with Crippen molar-refractivity contribution in [3.8, 4) is 0 Å². The third-order valence-electron chi connectivity index (χ3n) is 2.69. The lowest BCUT2D eigenvalue weighted by Crippen LogP contribution is -2.26. The van der Waals surface area contributed by atoms with Gasteiger partial charge in [0.2, 0.25) is 0 Å². The van der Waals surface area contributed by atoms with Crippen LogP contribution in [0.15, 0.2) is 39.6 Å². The number of nitrogens with one attached hydrogen (secondary N) is 1. The average molecular weight is 233 g/mol. The van der Waals surface area contributed by atoms with Gasteiger partial charge in [-0.25, -0.2) is 10.2 Å². The van der Waals surface area contributed by atoms with Gasteiger partial charge in [0.05, 0.1) is 12.0 Å². The molecule has 0 radical (unpaired) electrons. The number of carbonyl (C=O) groups is 1. The molecular formula is C12H15N3O2. The van der Waals surface area contributed by atoms with Gasteiger partial charge in [-0.2, -0.15) is 5.10 Å². The van der Waals surface area contributed by atoms with Crippen molar-refractivity contribution in [3.05, 3.63) is 35.8 Å². The molecule has 90 valence electrons. The minimum Gasteiger partial charge on any atom is -0.469 e. The average Bonchev–Trinajstić information content (AvgIpc) is 2.79. The van der Waals surface area contributed by atoms with E-state index in [2.05, 4.69) is 10.5 Å². The van der Waals surface area contributed by atoms with Crippen molar-refractivity contribution in [1.29, 1.82) is 0 Å². The number of nitrogens with two attached hydrogens (primary N) is 1. The number of nitrogens with zero attached hydrogens (tertiary/aromatic N) is 1. The zero-order valence-corrected chi connectivity index (χ0v) is 9.64. The van der Waals surface area contributed by atoms with Gasteiger partial charge < -0.3 is 10.2 Å². The van der Waals surface area contributed by atoms with E-state index in [1.807, 2.05) is 25.1 Å². The van der Waals surface area contributed by atoms with Gasteiger partial charge in [0, 0.05) is 12.3 Å². The van der Waals surface area contributed by atoms with E-state index in [-0.39, 0.29) is 5.92 Å². The van der Waals surface area contributed by atoms with Crippen molar-refractivity contribution in [2.24, 2.45) is 10.8 Å². The van der Waals surface area contributed by atoms with Gasteiger partial charge in [-0.1, -0.05) is 5.57 Å². The number of allylic oxidation sites excluding steroid dienone is 2. The van der Waals surface area contributed by atoms with Crippen molar-refractivity contribution < 1.29 is 9.21 Å². The van der Waals surface area contributed by atoms with E-state index in [4.69, 9.17) is 10.2 Å². The highest BCUT2D eigenvalue weighted by molar-refractivity contribution is 5.97. The van der Waals surface area contributed by atoms with E-state index in [9.17, 15) is 4.79 Å². The Labute approximate surface area is 99.4 Å². The minimum absolute atomic E-state index is 0.281. The van der Waals surface area contributed by atoms with Gasteiger partial charge in [-0.15, -0.1) is 0 Å². The molecule has 0 aromatic carbocycles. The molecule has 0 fully saturated rings. The Hall–Kier alpha value is -2.04. The molecule has 5 heteroatoms. The third kappa shape index (κ3) is 2.96. The van der Waals surface area contributed by atoms with Gasteiger partial charge >= 0.3 is 6.03 Å². The summed E-state index contributed by atoms with van der Waals surface area (Å²) in [6, 6.07) is 3.19. The Morgan fingerprint density at radius 2 is 2.41 bits per heavy atom. The number of urea groups is 1. The monoisotopic (exact) mass is 233 g/mol. The highest BCUT2D eigenvalue weighted by Crippen LogP contribution is 2.31. The number of hydrogen-bond acceptors (Lipinski definition) is 3. The third-order valence-corrected chi connectivity index (χ3v) is 2.69. The van der Waals surface area contributed by atoms with Crippen LogP contribution < -0.4 is 11.2 Å². The van der Waals surface area contributed by atoms with Crippen LogP contribution >= 0.6 is 0 Å². The summed E-state index contributed by atoms with van der Waals surface area (Å²) in [4.78, 5) is 10.6. The van der Waals surface area contributed by atoms with Crippen LogP contribution in [0.4, 0.5) is 4.79 Å². The van der Waals surface area contributed by atoms with Gasteiger partial charge in [-0.3, -0.25) is 0 Å². The normalized spacial score (nSPS) is 22.3. The first-order valence-electron chi connectivity index (χ1n) is 5.47. The summed E-state index contributed by atoms with van der Waals surface area (Å²) in [6.45, 7) is 2.04. The minimum atomic E-state index is -0.649. The maximum Gasteiger partial charge on any atom is 0.332 e. The fourth-order valence-electron chi connectivity index (χ4n) is 2.05. The molecule has 5 nitrogen and oxygen atoms in total. The Bertz CT molecular complexity index is 460. The molecule has 1 aromatic rings. The second-order valence-electron chi connectivity index (χ2n) is 4.19. The van der Waals surface area contributed by atoms with Crippen LogP contribution in [0.1, 0.15) is 31.4 Å². The molecule has 0 aliphatic heterocycles. The molecule has 17 heavy (non-hydrogen) atoms. The van der Waals surface area contributed by atoms with Gasteiger partial charge in [0.15, 0.2) is 0 Å². The summed E-state index contributed by atoms with van der Waals surface area (Å²) in [5.74, 6) is 1.23. The molecular weight excluding hydrogens is 218 g/mol. The molecule has 0 saturated carbocycles. The lowest BCUT2D eigenvalue weighted by Gasteiger charge is -2.20. The highest BCUT2D eigenvalue weighted by atomic mass is 16.3. The highest BCUT2D eigenvalue weighted by Gasteiger charge is 2.21. The fraction of sp³-hybridized carbons (Fsp3) is 0.333. The Morgan fingerprint density at radius 1 is 1.59 bits per heavy atom. The Kier molecular flexibility index (Phi) is 3.27. The second-order valence-corrected chi connectivity index (χ2v) is 4.19. The Morgan fingerprint density at radius 3 is 3.06 bits per heavy atom. The zero-order valence-electron chi connectivity index (χ0n) is 9.64. The summed E-state index contributed by atoms with van der Waals surface area (Å²) in [5, 5.41) is 3.97. The second kappa shape index (κ2) is 4.86. The van der Waals surface area contributed by atoms with Crippen LogP contribution in [0.25, 0.3) is 0 Å². The van der Waals surface area contributed by atoms with Crippen LogP contribution in [0, 0.1) is 0 Å². The summed E-state index contributed by atoms with van der Waals surface area (Å²) in [7, 11) is 0. The summed E-state index contributed by atoms with van der Waals surface area (Å²) >= 11 is 0. The van der Waals surface area contributed by atoms with E-state index < -0.39 is 6.03 Å². The lowest BCUT2D eigenvalue weighted by molar-refractivity contribution is 0.249. The molecule has 1 aromatic heterocycles. The lowest BCUT2D eigenvalue weighted by atomic mass is 9.87. The first-order chi connectivity index (χ1) is 8.15. The van der Waals surface area contributed by atoms with E-state index in [0.717, 1.165) is 24.3 Å². The summed E-state index contributed by atoms with van der Waals surface area (Å²) < 4.78 is 5.40. The number of carbonyl (C=O) groups excluding carboxylic acids is 1.